The molecule has 1 fully saturated rings. The molecule has 6 heteroatoms. The van der Waals surface area contributed by atoms with Gasteiger partial charge in [0.2, 0.25) is 0 Å². The van der Waals surface area contributed by atoms with Gasteiger partial charge in [-0.15, -0.1) is 0 Å². The fourth-order valence-corrected chi connectivity index (χ4v) is 3.09. The Labute approximate surface area is 147 Å². The Morgan fingerprint density at radius 3 is 2.56 bits per heavy atom. The molecule has 0 bridgehead atoms. The minimum Gasteiger partial charge on any atom is -0.382 e. The predicted molar refractivity (Wildman–Crippen MR) is 97.8 cm³/mol. The summed E-state index contributed by atoms with van der Waals surface area (Å²) in [6.07, 6.45) is 2.60. The fourth-order valence-electron chi connectivity index (χ4n) is 3.09. The summed E-state index contributed by atoms with van der Waals surface area (Å²) in [5, 5.41) is 7.74. The number of anilines is 1. The molecule has 1 amide bonds. The molecule has 6 nitrogen and oxygen atoms in total. The molecular weight excluding hydrogens is 316 g/mol. The molecule has 0 unspecified atom stereocenters. The van der Waals surface area contributed by atoms with Crippen molar-refractivity contribution in [2.75, 3.05) is 18.4 Å². The number of aryl methyl sites for hydroxylation is 1. The first-order valence-electron chi connectivity index (χ1n) is 8.86. The highest BCUT2D eigenvalue weighted by Gasteiger charge is 2.24. The van der Waals surface area contributed by atoms with E-state index in [0.29, 0.717) is 31.4 Å². The Bertz CT molecular complexity index is 764. The van der Waals surface area contributed by atoms with Gasteiger partial charge in [0.15, 0.2) is 0 Å². The number of likely N-dealkylation sites (tertiary alicyclic amines) is 1. The lowest BCUT2D eigenvalue weighted by Crippen LogP contribution is -2.43. The quantitative estimate of drug-likeness (QED) is 0.907. The molecule has 0 saturated carbocycles. The molecule has 1 N–H and O–H groups in total. The van der Waals surface area contributed by atoms with Gasteiger partial charge < -0.3 is 10.2 Å². The Balaban J connectivity index is 1.60. The number of carbonyl (C=O) groups excluding carboxylic acids is 1. The third-order valence-electron chi connectivity index (χ3n) is 4.45. The Morgan fingerprint density at radius 1 is 1.16 bits per heavy atom. The minimum atomic E-state index is -0.163. The number of rotatable bonds is 5. The maximum atomic E-state index is 12.7. The highest BCUT2D eigenvalue weighted by Crippen LogP contribution is 2.17. The maximum absolute atomic E-state index is 12.7. The number of piperidine rings is 1. The van der Waals surface area contributed by atoms with Crippen LogP contribution in [0.2, 0.25) is 0 Å². The molecule has 0 radical (unpaired) electrons. The lowest BCUT2D eigenvalue weighted by molar-refractivity contribution is 0.0709. The average molecular weight is 340 g/mol. The van der Waals surface area contributed by atoms with E-state index in [0.717, 1.165) is 24.9 Å². The molecule has 1 aliphatic rings. The maximum Gasteiger partial charge on any atom is 0.274 e. The van der Waals surface area contributed by atoms with E-state index in [4.69, 9.17) is 0 Å². The summed E-state index contributed by atoms with van der Waals surface area (Å²) >= 11 is 0. The average Bonchev–Trinajstić information content (AvgIpc) is 2.65. The fraction of sp³-hybridized carbons (Fsp3) is 0.421. The molecule has 1 aliphatic heterocycles. The van der Waals surface area contributed by atoms with Crippen molar-refractivity contribution in [3.8, 4) is 0 Å². The monoisotopic (exact) mass is 340 g/mol. The molecule has 2 aromatic rings. The number of hydrogen-bond acceptors (Lipinski definition) is 4. The van der Waals surface area contributed by atoms with Gasteiger partial charge in [-0.3, -0.25) is 9.59 Å². The lowest BCUT2D eigenvalue weighted by atomic mass is 10.0. The molecule has 132 valence electrons. The third kappa shape index (κ3) is 4.26. The normalized spacial score (nSPS) is 15.2. The molecule has 25 heavy (non-hydrogen) atoms. The number of carbonyl (C=O) groups is 1. The van der Waals surface area contributed by atoms with Crippen LogP contribution in [0.15, 0.2) is 47.3 Å². The lowest BCUT2D eigenvalue weighted by Gasteiger charge is -2.32. The topological polar surface area (TPSA) is 67.2 Å². The van der Waals surface area contributed by atoms with Gasteiger partial charge in [0.05, 0.1) is 0 Å². The Morgan fingerprint density at radius 2 is 1.88 bits per heavy atom. The van der Waals surface area contributed by atoms with Crippen molar-refractivity contribution < 1.29 is 4.79 Å². The van der Waals surface area contributed by atoms with Gasteiger partial charge >= 0.3 is 0 Å². The van der Waals surface area contributed by atoms with Crippen molar-refractivity contribution in [1.82, 2.24) is 14.7 Å². The van der Waals surface area contributed by atoms with Gasteiger partial charge in [0.25, 0.3) is 11.5 Å². The summed E-state index contributed by atoms with van der Waals surface area (Å²) < 4.78 is 1.37. The van der Waals surface area contributed by atoms with Crippen molar-refractivity contribution in [3.05, 3.63) is 58.5 Å². The highest BCUT2D eigenvalue weighted by molar-refractivity contribution is 5.92. The van der Waals surface area contributed by atoms with Gasteiger partial charge in [0, 0.05) is 37.4 Å². The van der Waals surface area contributed by atoms with Crippen molar-refractivity contribution in [2.45, 2.75) is 38.8 Å². The van der Waals surface area contributed by atoms with E-state index in [2.05, 4.69) is 22.5 Å². The van der Waals surface area contributed by atoms with Crippen LogP contribution in [-0.4, -0.2) is 39.7 Å². The summed E-state index contributed by atoms with van der Waals surface area (Å²) in [4.78, 5) is 26.2. The Kier molecular flexibility index (Phi) is 5.48. The zero-order valence-corrected chi connectivity index (χ0v) is 14.5. The second-order valence-electron chi connectivity index (χ2n) is 6.36. The van der Waals surface area contributed by atoms with Crippen LogP contribution in [-0.2, 0) is 6.54 Å². The zero-order valence-electron chi connectivity index (χ0n) is 14.5. The van der Waals surface area contributed by atoms with E-state index < -0.39 is 0 Å². The van der Waals surface area contributed by atoms with E-state index in [-0.39, 0.29) is 11.5 Å². The number of amides is 1. The molecular formula is C19H24N4O2. The number of nitrogens with zero attached hydrogens (tertiary/aromatic N) is 3. The van der Waals surface area contributed by atoms with E-state index >= 15 is 0 Å². The summed E-state index contributed by atoms with van der Waals surface area (Å²) in [6.45, 7) is 3.89. The molecule has 0 aliphatic carbocycles. The van der Waals surface area contributed by atoms with Crippen LogP contribution >= 0.6 is 0 Å². The Hall–Kier alpha value is -2.63. The largest absolute Gasteiger partial charge is 0.382 e. The van der Waals surface area contributed by atoms with Gasteiger partial charge in [-0.25, -0.2) is 4.68 Å². The zero-order chi connectivity index (χ0) is 17.6. The van der Waals surface area contributed by atoms with Gasteiger partial charge in [0.1, 0.15) is 5.69 Å². The first kappa shape index (κ1) is 17.2. The van der Waals surface area contributed by atoms with Crippen molar-refractivity contribution >= 4 is 11.6 Å². The van der Waals surface area contributed by atoms with Crippen LogP contribution in [0.4, 0.5) is 5.69 Å². The molecule has 1 aromatic heterocycles. The van der Waals surface area contributed by atoms with Crippen LogP contribution in [0.5, 0.6) is 0 Å². The first-order chi connectivity index (χ1) is 12.2. The number of hydrogen-bond donors (Lipinski definition) is 1. The molecule has 3 rings (SSSR count). The second kappa shape index (κ2) is 7.96. The van der Waals surface area contributed by atoms with Gasteiger partial charge in [-0.1, -0.05) is 25.1 Å². The summed E-state index contributed by atoms with van der Waals surface area (Å²) in [5.41, 5.74) is 1.30. The summed E-state index contributed by atoms with van der Waals surface area (Å²) in [6, 6.07) is 13.5. The number of benzene rings is 1. The molecule has 2 heterocycles. The highest BCUT2D eigenvalue weighted by atomic mass is 16.2. The van der Waals surface area contributed by atoms with E-state index in [9.17, 15) is 9.59 Å². The molecule has 1 aromatic carbocycles. The van der Waals surface area contributed by atoms with Gasteiger partial charge in [-0.2, -0.15) is 5.10 Å². The molecule has 0 atom stereocenters. The standard InChI is InChI=1S/C19H24N4O2/c1-2-12-23-18(24)9-8-17(21-23)19(25)22-13-10-16(11-14-22)20-15-6-4-3-5-7-15/h3-9,16,20H,2,10-14H2,1H3. The molecule has 0 spiro atoms. The third-order valence-corrected chi connectivity index (χ3v) is 4.45. The number of nitrogens with one attached hydrogen (secondary N) is 1. The van der Waals surface area contributed by atoms with Crippen LogP contribution < -0.4 is 10.9 Å². The van der Waals surface area contributed by atoms with Gasteiger partial charge in [-0.05, 0) is 37.5 Å². The smallest absolute Gasteiger partial charge is 0.274 e. The van der Waals surface area contributed by atoms with E-state index in [1.165, 1.54) is 16.8 Å². The van der Waals surface area contributed by atoms with Crippen LogP contribution in [0.3, 0.4) is 0 Å². The van der Waals surface area contributed by atoms with Crippen molar-refractivity contribution in [1.29, 1.82) is 0 Å². The van der Waals surface area contributed by atoms with Crippen molar-refractivity contribution in [2.24, 2.45) is 0 Å². The first-order valence-corrected chi connectivity index (χ1v) is 8.86. The van der Waals surface area contributed by atoms with Crippen LogP contribution in [0.1, 0.15) is 36.7 Å². The van der Waals surface area contributed by atoms with E-state index in [1.807, 2.05) is 30.0 Å². The summed E-state index contributed by atoms with van der Waals surface area (Å²) in [5.74, 6) is -0.0944. The minimum absolute atomic E-state index is 0.0944. The second-order valence-corrected chi connectivity index (χ2v) is 6.36. The molecule has 1 saturated heterocycles. The number of aromatic nitrogens is 2. The predicted octanol–water partition coefficient (Wildman–Crippen LogP) is 2.37. The summed E-state index contributed by atoms with van der Waals surface area (Å²) in [7, 11) is 0. The van der Waals surface area contributed by atoms with Crippen molar-refractivity contribution in [3.63, 3.8) is 0 Å². The van der Waals surface area contributed by atoms with E-state index in [1.54, 1.807) is 0 Å². The SMILES string of the molecule is CCCn1nc(C(=O)N2CCC(Nc3ccccc3)CC2)ccc1=O. The number of para-hydroxylation sites is 1. The van der Waals surface area contributed by atoms with Crippen LogP contribution in [0.25, 0.3) is 0 Å². The van der Waals surface area contributed by atoms with Crippen LogP contribution in [0, 0.1) is 0 Å².